The molecule has 0 aliphatic heterocycles. The van der Waals surface area contributed by atoms with Crippen molar-refractivity contribution in [3.05, 3.63) is 51.8 Å². The van der Waals surface area contributed by atoms with E-state index in [0.29, 0.717) is 12.2 Å². The van der Waals surface area contributed by atoms with Crippen molar-refractivity contribution in [2.75, 3.05) is 18.9 Å². The molecule has 2 aromatic rings. The summed E-state index contributed by atoms with van der Waals surface area (Å²) >= 11 is 0. The predicted molar refractivity (Wildman–Crippen MR) is 86.0 cm³/mol. The highest BCUT2D eigenvalue weighted by Gasteiger charge is 2.12. The van der Waals surface area contributed by atoms with Gasteiger partial charge >= 0.3 is 0 Å². The van der Waals surface area contributed by atoms with Gasteiger partial charge in [0.2, 0.25) is 5.91 Å². The van der Waals surface area contributed by atoms with Gasteiger partial charge in [-0.2, -0.15) is 5.10 Å². The largest absolute Gasteiger partial charge is 0.325 e. The zero-order chi connectivity index (χ0) is 17.0. The summed E-state index contributed by atoms with van der Waals surface area (Å²) in [5.41, 5.74) is 2.46. The molecule has 8 nitrogen and oxygen atoms in total. The standard InChI is InChI=1S/C15H19N5O3/c1-11-12(8-16-19(11)3)9-18(2)10-15(21)17-13-5-4-6-14(7-13)20(22)23/h4-8H,9-10H2,1-3H3,(H,17,21). The van der Waals surface area contributed by atoms with E-state index >= 15 is 0 Å². The van der Waals surface area contributed by atoms with Crippen LogP contribution in [0.3, 0.4) is 0 Å². The second-order valence-electron chi connectivity index (χ2n) is 5.41. The van der Waals surface area contributed by atoms with Crippen molar-refractivity contribution >= 4 is 17.3 Å². The first-order chi connectivity index (χ1) is 10.9. The van der Waals surface area contributed by atoms with Crippen LogP contribution in [-0.4, -0.2) is 39.1 Å². The van der Waals surface area contributed by atoms with Crippen molar-refractivity contribution in [3.8, 4) is 0 Å². The van der Waals surface area contributed by atoms with Crippen LogP contribution in [0.25, 0.3) is 0 Å². The Bertz CT molecular complexity index is 726. The maximum absolute atomic E-state index is 12.0. The molecule has 0 saturated carbocycles. The van der Waals surface area contributed by atoms with Crippen molar-refractivity contribution in [3.63, 3.8) is 0 Å². The molecule has 2 rings (SSSR count). The van der Waals surface area contributed by atoms with E-state index < -0.39 is 4.92 Å². The van der Waals surface area contributed by atoms with Gasteiger partial charge in [0.25, 0.3) is 5.69 Å². The van der Waals surface area contributed by atoms with Gasteiger partial charge in [0, 0.05) is 42.7 Å². The van der Waals surface area contributed by atoms with Crippen LogP contribution < -0.4 is 5.32 Å². The molecule has 0 saturated heterocycles. The minimum atomic E-state index is -0.493. The molecule has 122 valence electrons. The maximum Gasteiger partial charge on any atom is 0.271 e. The van der Waals surface area contributed by atoms with Crippen LogP contribution in [-0.2, 0) is 18.4 Å². The van der Waals surface area contributed by atoms with Crippen LogP contribution in [0.4, 0.5) is 11.4 Å². The Kier molecular flexibility index (Phi) is 5.07. The number of amides is 1. The zero-order valence-corrected chi connectivity index (χ0v) is 13.3. The molecule has 0 fully saturated rings. The van der Waals surface area contributed by atoms with Crippen molar-refractivity contribution in [1.29, 1.82) is 0 Å². The Hall–Kier alpha value is -2.74. The third-order valence-electron chi connectivity index (χ3n) is 3.53. The number of hydrogen-bond acceptors (Lipinski definition) is 5. The topological polar surface area (TPSA) is 93.3 Å². The summed E-state index contributed by atoms with van der Waals surface area (Å²) in [4.78, 5) is 24.1. The molecule has 1 heterocycles. The number of non-ortho nitro benzene ring substituents is 1. The van der Waals surface area contributed by atoms with E-state index in [9.17, 15) is 14.9 Å². The molecular weight excluding hydrogens is 298 g/mol. The normalized spacial score (nSPS) is 10.8. The molecule has 8 heteroatoms. The van der Waals surface area contributed by atoms with Gasteiger partial charge in [-0.05, 0) is 20.0 Å². The van der Waals surface area contributed by atoms with E-state index in [4.69, 9.17) is 0 Å². The van der Waals surface area contributed by atoms with E-state index in [1.54, 1.807) is 16.9 Å². The number of likely N-dealkylation sites (N-methyl/N-ethyl adjacent to an activating group) is 1. The maximum atomic E-state index is 12.0. The van der Waals surface area contributed by atoms with Gasteiger partial charge in [-0.1, -0.05) is 6.07 Å². The molecule has 0 radical (unpaired) electrons. The molecule has 1 aromatic heterocycles. The van der Waals surface area contributed by atoms with E-state index in [-0.39, 0.29) is 18.1 Å². The van der Waals surface area contributed by atoms with Gasteiger partial charge in [-0.25, -0.2) is 0 Å². The summed E-state index contributed by atoms with van der Waals surface area (Å²) < 4.78 is 1.78. The number of benzene rings is 1. The third-order valence-corrected chi connectivity index (χ3v) is 3.53. The number of nitrogens with one attached hydrogen (secondary N) is 1. The lowest BCUT2D eigenvalue weighted by Crippen LogP contribution is -2.30. The number of nitro benzene ring substituents is 1. The highest BCUT2D eigenvalue weighted by atomic mass is 16.6. The first kappa shape index (κ1) is 16.6. The fourth-order valence-corrected chi connectivity index (χ4v) is 2.19. The van der Waals surface area contributed by atoms with Crippen LogP contribution in [0.1, 0.15) is 11.3 Å². The fraction of sp³-hybridized carbons (Fsp3) is 0.333. The smallest absolute Gasteiger partial charge is 0.271 e. The lowest BCUT2D eigenvalue weighted by atomic mass is 10.2. The molecule has 1 N–H and O–H groups in total. The van der Waals surface area contributed by atoms with Gasteiger partial charge in [0.15, 0.2) is 0 Å². The molecule has 0 bridgehead atoms. The molecule has 0 aliphatic rings. The number of anilines is 1. The molecule has 0 atom stereocenters. The Morgan fingerprint density at radius 2 is 2.22 bits per heavy atom. The number of nitro groups is 1. The minimum Gasteiger partial charge on any atom is -0.325 e. The number of carbonyl (C=O) groups is 1. The number of nitrogens with zero attached hydrogens (tertiary/aromatic N) is 4. The van der Waals surface area contributed by atoms with E-state index in [2.05, 4.69) is 10.4 Å². The second-order valence-corrected chi connectivity index (χ2v) is 5.41. The van der Waals surface area contributed by atoms with Gasteiger partial charge in [-0.3, -0.25) is 24.5 Å². The van der Waals surface area contributed by atoms with Crippen molar-refractivity contribution < 1.29 is 9.72 Å². The summed E-state index contributed by atoms with van der Waals surface area (Å²) in [6, 6.07) is 5.88. The highest BCUT2D eigenvalue weighted by Crippen LogP contribution is 2.17. The van der Waals surface area contributed by atoms with Gasteiger partial charge in [0.1, 0.15) is 0 Å². The second kappa shape index (κ2) is 7.01. The molecular formula is C15H19N5O3. The van der Waals surface area contributed by atoms with Crippen LogP contribution in [0.15, 0.2) is 30.5 Å². The van der Waals surface area contributed by atoms with E-state index in [0.717, 1.165) is 11.3 Å². The first-order valence-corrected chi connectivity index (χ1v) is 7.07. The Morgan fingerprint density at radius 3 is 2.83 bits per heavy atom. The average Bonchev–Trinajstić information content (AvgIpc) is 2.79. The van der Waals surface area contributed by atoms with Gasteiger partial charge in [0.05, 0.1) is 17.7 Å². The van der Waals surface area contributed by atoms with Crippen LogP contribution in [0, 0.1) is 17.0 Å². The van der Waals surface area contributed by atoms with Crippen LogP contribution in [0.2, 0.25) is 0 Å². The zero-order valence-electron chi connectivity index (χ0n) is 13.3. The lowest BCUT2D eigenvalue weighted by molar-refractivity contribution is -0.384. The van der Waals surface area contributed by atoms with E-state index in [1.165, 1.54) is 18.2 Å². The lowest BCUT2D eigenvalue weighted by Gasteiger charge is -2.16. The van der Waals surface area contributed by atoms with Gasteiger partial charge in [-0.15, -0.1) is 0 Å². The van der Waals surface area contributed by atoms with Crippen LogP contribution >= 0.6 is 0 Å². The average molecular weight is 317 g/mol. The number of aromatic nitrogens is 2. The molecule has 1 amide bonds. The fourth-order valence-electron chi connectivity index (χ4n) is 2.19. The quantitative estimate of drug-likeness (QED) is 0.646. The monoisotopic (exact) mass is 317 g/mol. The van der Waals surface area contributed by atoms with Crippen molar-refractivity contribution in [1.82, 2.24) is 14.7 Å². The summed E-state index contributed by atoms with van der Waals surface area (Å²) in [5, 5.41) is 17.6. The Morgan fingerprint density at radius 1 is 1.48 bits per heavy atom. The van der Waals surface area contributed by atoms with Crippen LogP contribution in [0.5, 0.6) is 0 Å². The number of carbonyl (C=O) groups excluding carboxylic acids is 1. The summed E-state index contributed by atoms with van der Waals surface area (Å²) in [6.45, 7) is 2.75. The van der Waals surface area contributed by atoms with Gasteiger partial charge < -0.3 is 5.32 Å². The van der Waals surface area contributed by atoms with E-state index in [1.807, 2.05) is 25.9 Å². The first-order valence-electron chi connectivity index (χ1n) is 7.07. The SMILES string of the molecule is Cc1c(CN(C)CC(=O)Nc2cccc([N+](=O)[O-])c2)cnn1C. The van der Waals surface area contributed by atoms with Crippen molar-refractivity contribution in [2.24, 2.45) is 7.05 Å². The summed E-state index contributed by atoms with van der Waals surface area (Å²) in [7, 11) is 3.70. The Balaban J connectivity index is 1.92. The third kappa shape index (κ3) is 4.36. The predicted octanol–water partition coefficient (Wildman–Crippen LogP) is 1.71. The Labute approximate surface area is 133 Å². The number of rotatable bonds is 6. The minimum absolute atomic E-state index is 0.0536. The van der Waals surface area contributed by atoms with Crippen molar-refractivity contribution in [2.45, 2.75) is 13.5 Å². The molecule has 0 spiro atoms. The number of aryl methyl sites for hydroxylation is 1. The molecule has 0 unspecified atom stereocenters. The molecule has 1 aromatic carbocycles. The summed E-state index contributed by atoms with van der Waals surface area (Å²) in [5.74, 6) is -0.227. The molecule has 0 aliphatic carbocycles. The number of hydrogen-bond donors (Lipinski definition) is 1. The highest BCUT2D eigenvalue weighted by molar-refractivity contribution is 5.92. The summed E-state index contributed by atoms with van der Waals surface area (Å²) in [6.07, 6.45) is 1.78. The molecule has 23 heavy (non-hydrogen) atoms.